The zero-order valence-electron chi connectivity index (χ0n) is 57.1. The van der Waals surface area contributed by atoms with Crippen LogP contribution in [0.15, 0.2) is 12.2 Å². The molecule has 84 heavy (non-hydrogen) atoms. The maximum absolute atomic E-state index is 12.9. The number of likely N-dealkylation sites (N-methyl/N-ethyl adjacent to an activating group) is 1. The monoisotopic (exact) mass is 1190 g/mol. The Kier molecular flexibility index (Phi) is 65.4. The quantitative estimate of drug-likeness (QED) is 0.0211. The molecule has 0 aliphatic carbocycles. The fourth-order valence-electron chi connectivity index (χ4n) is 11.5. The minimum absolute atomic E-state index is 0.173. The molecule has 0 rings (SSSR count). The summed E-state index contributed by atoms with van der Waals surface area (Å²) in [5.74, 6) is -1.97. The van der Waals surface area contributed by atoms with E-state index < -0.39 is 18.4 Å². The second kappa shape index (κ2) is 67.0. The predicted octanol–water partition coefficient (Wildman–Crippen LogP) is 23.2. The summed E-state index contributed by atoms with van der Waals surface area (Å²) in [7, 11) is 5.99. The van der Waals surface area contributed by atoms with E-state index >= 15 is 0 Å². The lowest BCUT2D eigenvalue weighted by atomic mass is 10.0. The molecule has 0 amide bonds. The van der Waals surface area contributed by atoms with Crippen LogP contribution in [0, 0.1) is 0 Å². The molecule has 2 unspecified atom stereocenters. The molecule has 0 radical (unpaired) electrons. The second-order valence-corrected chi connectivity index (χ2v) is 27.0. The Labute approximate surface area is 523 Å². The molecule has 0 aromatic carbocycles. The van der Waals surface area contributed by atoms with Gasteiger partial charge in [-0.3, -0.25) is 9.59 Å². The number of carboxylic acid groups (broad SMARTS) is 1. The third kappa shape index (κ3) is 67.5. The van der Waals surface area contributed by atoms with E-state index in [0.717, 1.165) is 38.5 Å². The molecule has 0 heterocycles. The Balaban J connectivity index is 3.89. The minimum Gasteiger partial charge on any atom is -0.477 e. The highest BCUT2D eigenvalue weighted by molar-refractivity contribution is 5.71. The van der Waals surface area contributed by atoms with Crippen LogP contribution in [0.25, 0.3) is 0 Å². The molecule has 498 valence electrons. The predicted molar refractivity (Wildman–Crippen MR) is 360 cm³/mol. The molecule has 0 bridgehead atoms. The number of unbranched alkanes of at least 4 members (excludes halogenated alkanes) is 54. The topological polar surface area (TPSA) is 108 Å². The zero-order valence-corrected chi connectivity index (χ0v) is 57.1. The largest absolute Gasteiger partial charge is 0.477 e. The van der Waals surface area contributed by atoms with E-state index in [1.807, 2.05) is 21.1 Å². The molecule has 1 N–H and O–H groups in total. The van der Waals surface area contributed by atoms with Gasteiger partial charge in [0.2, 0.25) is 0 Å². The van der Waals surface area contributed by atoms with Crippen molar-refractivity contribution < 1.29 is 42.9 Å². The van der Waals surface area contributed by atoms with Gasteiger partial charge in [0, 0.05) is 12.8 Å². The number of ether oxygens (including phenoxy) is 4. The Hall–Kier alpha value is -1.97. The summed E-state index contributed by atoms with van der Waals surface area (Å²) in [4.78, 5) is 37.6. The van der Waals surface area contributed by atoms with Gasteiger partial charge in [-0.05, 0) is 38.5 Å². The number of hydrogen-bond acceptors (Lipinski definition) is 7. The Morgan fingerprint density at radius 1 is 0.345 bits per heavy atom. The third-order valence-electron chi connectivity index (χ3n) is 17.3. The molecule has 0 aromatic rings. The fraction of sp³-hybridized carbons (Fsp3) is 0.933. The van der Waals surface area contributed by atoms with Gasteiger partial charge in [0.05, 0.1) is 34.4 Å². The first-order valence-corrected chi connectivity index (χ1v) is 37.4. The molecule has 9 nitrogen and oxygen atoms in total. The number of nitrogens with zero attached hydrogens (tertiary/aromatic N) is 1. The molecule has 0 aliphatic rings. The van der Waals surface area contributed by atoms with Crippen molar-refractivity contribution in [2.24, 2.45) is 0 Å². The molecule has 0 aromatic heterocycles. The van der Waals surface area contributed by atoms with Crippen LogP contribution in [0.1, 0.15) is 393 Å². The van der Waals surface area contributed by atoms with Crippen molar-refractivity contribution >= 4 is 17.9 Å². The van der Waals surface area contributed by atoms with Crippen LogP contribution in [0.2, 0.25) is 0 Å². The maximum atomic E-state index is 12.9. The van der Waals surface area contributed by atoms with Crippen LogP contribution >= 0.6 is 0 Å². The van der Waals surface area contributed by atoms with E-state index in [2.05, 4.69) is 26.0 Å². The molecule has 0 saturated carbocycles. The number of allylic oxidation sites excluding steroid dienone is 2. The summed E-state index contributed by atoms with van der Waals surface area (Å²) in [6.45, 7) is 4.96. The number of carbonyl (C=O) groups is 3. The van der Waals surface area contributed by atoms with E-state index in [1.165, 1.54) is 327 Å². The van der Waals surface area contributed by atoms with Gasteiger partial charge < -0.3 is 28.5 Å². The molecule has 2 atom stereocenters. The zero-order chi connectivity index (χ0) is 61.2. The van der Waals surface area contributed by atoms with Crippen molar-refractivity contribution in [3.8, 4) is 0 Å². The van der Waals surface area contributed by atoms with Crippen LogP contribution in [0.4, 0.5) is 0 Å². The molecule has 0 saturated heterocycles. The van der Waals surface area contributed by atoms with Crippen molar-refractivity contribution in [2.75, 3.05) is 47.5 Å². The standard InChI is InChI=1S/C75H145NO8/c1-6-8-10-12-14-16-18-20-22-24-26-27-28-29-30-31-32-33-34-35-36-37-38-39-40-41-42-43-44-45-46-47-48-50-52-54-56-58-60-62-64-66-73(78)84-71(70-83-75(74(79)80)81-68-67-76(3,4)5)69-82-72(77)65-63-61-59-57-55-53-51-49-25-23-21-19-17-15-13-11-9-7-2/h24,26,71,75H,6-23,25,27-70H2,1-5H3/p+1/b26-24-. The number of aliphatic carboxylic acids is 1. The normalized spacial score (nSPS) is 12.6. The Bertz CT molecular complexity index is 1380. The summed E-state index contributed by atoms with van der Waals surface area (Å²) < 4.78 is 23.0. The molecular formula is C75H146NO8+. The van der Waals surface area contributed by atoms with Crippen molar-refractivity contribution in [3.05, 3.63) is 12.2 Å². The summed E-state index contributed by atoms with van der Waals surface area (Å²) in [6.07, 6.45) is 79.4. The van der Waals surface area contributed by atoms with Gasteiger partial charge in [-0.15, -0.1) is 0 Å². The smallest absolute Gasteiger partial charge is 0.361 e. The minimum atomic E-state index is -1.50. The fourth-order valence-corrected chi connectivity index (χ4v) is 11.5. The van der Waals surface area contributed by atoms with Gasteiger partial charge in [0.25, 0.3) is 6.29 Å². The van der Waals surface area contributed by atoms with Crippen molar-refractivity contribution in [3.63, 3.8) is 0 Å². The van der Waals surface area contributed by atoms with E-state index in [0.29, 0.717) is 17.4 Å². The number of rotatable bonds is 71. The van der Waals surface area contributed by atoms with E-state index in [1.54, 1.807) is 0 Å². The average Bonchev–Trinajstić information content (AvgIpc) is 3.52. The van der Waals surface area contributed by atoms with Gasteiger partial charge >= 0.3 is 17.9 Å². The van der Waals surface area contributed by atoms with E-state index in [-0.39, 0.29) is 38.2 Å². The van der Waals surface area contributed by atoms with Crippen molar-refractivity contribution in [1.82, 2.24) is 0 Å². The van der Waals surface area contributed by atoms with Gasteiger partial charge in [-0.2, -0.15) is 0 Å². The molecule has 0 aliphatic heterocycles. The van der Waals surface area contributed by atoms with Crippen LogP contribution in [-0.2, 0) is 33.3 Å². The lowest BCUT2D eigenvalue weighted by Gasteiger charge is -2.25. The lowest BCUT2D eigenvalue weighted by Crippen LogP contribution is -2.40. The SMILES string of the molecule is CCCCCCCCCC/C=C\CCCCCCCCCCCCCCCCCCCCCCCCCCCCCCCC(=O)OC(COC(=O)CCCCCCCCCCCCCCCCCCCC)COC(OCC[N+](C)(C)C)C(=O)O. The summed E-state index contributed by atoms with van der Waals surface area (Å²) in [5.41, 5.74) is 0. The molecule has 0 spiro atoms. The van der Waals surface area contributed by atoms with Gasteiger partial charge in [-0.1, -0.05) is 353 Å². The first-order chi connectivity index (χ1) is 41.1. The molecular weight excluding hydrogens is 1040 g/mol. The third-order valence-corrected chi connectivity index (χ3v) is 17.3. The maximum Gasteiger partial charge on any atom is 0.361 e. The van der Waals surface area contributed by atoms with Crippen molar-refractivity contribution in [1.29, 1.82) is 0 Å². The van der Waals surface area contributed by atoms with Crippen molar-refractivity contribution in [2.45, 2.75) is 405 Å². The number of carbonyl (C=O) groups excluding carboxylic acids is 2. The van der Waals surface area contributed by atoms with Gasteiger partial charge in [-0.25, -0.2) is 4.79 Å². The van der Waals surface area contributed by atoms with Gasteiger partial charge in [0.1, 0.15) is 13.2 Å². The summed E-state index contributed by atoms with van der Waals surface area (Å²) in [5, 5.41) is 9.74. The Morgan fingerprint density at radius 2 is 0.607 bits per heavy atom. The van der Waals surface area contributed by atoms with Crippen LogP contribution in [-0.4, -0.2) is 87.4 Å². The average molecular weight is 1190 g/mol. The number of hydrogen-bond donors (Lipinski definition) is 1. The van der Waals surface area contributed by atoms with E-state index in [4.69, 9.17) is 18.9 Å². The molecule has 9 heteroatoms. The van der Waals surface area contributed by atoms with Crippen LogP contribution in [0.5, 0.6) is 0 Å². The number of quaternary nitrogens is 1. The Morgan fingerprint density at radius 3 is 0.881 bits per heavy atom. The van der Waals surface area contributed by atoms with Crippen LogP contribution in [0.3, 0.4) is 0 Å². The van der Waals surface area contributed by atoms with E-state index in [9.17, 15) is 19.5 Å². The second-order valence-electron chi connectivity index (χ2n) is 27.0. The highest BCUT2D eigenvalue weighted by Crippen LogP contribution is 2.20. The highest BCUT2D eigenvalue weighted by Gasteiger charge is 2.25. The highest BCUT2D eigenvalue weighted by atomic mass is 16.7. The number of esters is 2. The first-order valence-electron chi connectivity index (χ1n) is 37.4. The summed E-state index contributed by atoms with van der Waals surface area (Å²) >= 11 is 0. The molecule has 0 fully saturated rings. The van der Waals surface area contributed by atoms with Gasteiger partial charge in [0.15, 0.2) is 6.10 Å². The summed E-state index contributed by atoms with van der Waals surface area (Å²) in [6, 6.07) is 0. The lowest BCUT2D eigenvalue weighted by molar-refractivity contribution is -0.870. The number of carboxylic acids is 1. The van der Waals surface area contributed by atoms with Crippen LogP contribution < -0.4 is 0 Å². The first kappa shape index (κ1) is 82.0.